The third-order valence-corrected chi connectivity index (χ3v) is 8.57. The predicted molar refractivity (Wildman–Crippen MR) is 169 cm³/mol. The minimum Gasteiger partial charge on any atom is -0.724 e. The average molecular weight is 730 g/mol. The number of hydrogen-bond acceptors (Lipinski definition) is 15. The van der Waals surface area contributed by atoms with Crippen LogP contribution >= 0.6 is 22.9 Å². The number of carbonyl (C=O) groups is 3. The second-order valence-electron chi connectivity index (χ2n) is 10.8. The van der Waals surface area contributed by atoms with Gasteiger partial charge in [-0.15, -0.1) is 0 Å². The maximum atomic E-state index is 13.3. The largest absolute Gasteiger partial charge is 0.724 e. The zero-order chi connectivity index (χ0) is 35.6. The van der Waals surface area contributed by atoms with Crippen molar-refractivity contribution in [3.05, 3.63) is 40.5 Å². The zero-order valence-electron chi connectivity index (χ0n) is 25.7. The number of carbonyl (C=O) groups excluding carboxylic acids is 2. The summed E-state index contributed by atoms with van der Waals surface area (Å²) in [6.45, 7) is 3.27. The summed E-state index contributed by atoms with van der Waals surface area (Å²) in [4.78, 5) is 46.9. The third-order valence-electron chi connectivity index (χ3n) is 7.15. The van der Waals surface area contributed by atoms with Gasteiger partial charge in [0.2, 0.25) is 10.4 Å². The van der Waals surface area contributed by atoms with E-state index in [4.69, 9.17) is 38.4 Å². The van der Waals surface area contributed by atoms with Gasteiger partial charge < -0.3 is 36.0 Å². The third kappa shape index (κ3) is 7.94. The lowest BCUT2D eigenvalue weighted by Crippen LogP contribution is -2.76. The van der Waals surface area contributed by atoms with Crippen LogP contribution in [0.5, 0.6) is 5.75 Å². The van der Waals surface area contributed by atoms with E-state index in [1.54, 1.807) is 24.3 Å². The number of aryl methyl sites for hydroxylation is 1. The van der Waals surface area contributed by atoms with Gasteiger partial charge in [0.15, 0.2) is 10.8 Å². The van der Waals surface area contributed by atoms with E-state index in [1.165, 1.54) is 13.8 Å². The molecular weight excluding hydrogens is 698 g/mol. The molecular formula is C26H32ClN9O10S2. The highest BCUT2D eigenvalue weighted by Crippen LogP contribution is 2.33. The molecule has 8 N–H and O–H groups in total. The molecule has 48 heavy (non-hydrogen) atoms. The van der Waals surface area contributed by atoms with Crippen LogP contribution in [0.4, 0.5) is 10.9 Å². The Morgan fingerprint density at radius 2 is 1.96 bits per heavy atom. The molecule has 2 atom stereocenters. The number of β-lactam (4-membered cyclic amide) rings is 1. The molecule has 2 aromatic heterocycles. The second-order valence-corrected chi connectivity index (χ2v) is 13.4. The first kappa shape index (κ1) is 36.3. The Labute approximate surface area is 282 Å². The number of aliphatic carboxylic acids is 1. The molecule has 1 aliphatic heterocycles. The van der Waals surface area contributed by atoms with Gasteiger partial charge >= 0.3 is 11.8 Å². The van der Waals surface area contributed by atoms with Crippen LogP contribution in [0.3, 0.4) is 0 Å². The molecule has 1 aliphatic rings. The standard InChI is InChI=1S/C26H32ClN9O10S2/c1-26(2)19(23(38)36(26)46-48(41,42)43)32-22(37)18(17-20(27)47-25(30)31-17)33-45-16(24(39)40)12-44-14-7-5-13(6-8-14)15-11-35(10-4-9-28)34(3)21(15)29/h5-8,11,16,19,29H,4,9-10,12,28H2,1-3H3,(H5,30,31,32,37,39,40,41,42,43)/b33-18-/t16-,19+/m0/s1. The number of benzene rings is 1. The van der Waals surface area contributed by atoms with Crippen molar-refractivity contribution in [2.45, 2.75) is 44.5 Å². The Hall–Kier alpha value is -4.54. The van der Waals surface area contributed by atoms with E-state index in [0.29, 0.717) is 24.0 Å². The molecule has 0 bridgehead atoms. The average Bonchev–Trinajstić information content (AvgIpc) is 3.50. The SMILES string of the molecule is C[n+]1c(N)c(-c2ccc(OC[C@H](O/N=C(\C(=O)N[C@@H]3C(=O)N(OS(=O)(=O)[O-])C3(C)C)c3nc(N)sc3Cl)C(=O)O)cc2)cn1CCCN. The molecule has 0 radical (unpaired) electrons. The van der Waals surface area contributed by atoms with Crippen molar-refractivity contribution >= 4 is 67.8 Å². The Bertz CT molecular complexity index is 1840. The summed E-state index contributed by atoms with van der Waals surface area (Å²) in [6, 6.07) is 5.28. The number of hydroxylamine groups is 2. The van der Waals surface area contributed by atoms with E-state index in [-0.39, 0.29) is 20.9 Å². The van der Waals surface area contributed by atoms with Crippen LogP contribution in [-0.2, 0) is 47.5 Å². The van der Waals surface area contributed by atoms with Crippen molar-refractivity contribution in [2.24, 2.45) is 17.9 Å². The maximum Gasteiger partial charge on any atom is 0.351 e. The van der Waals surface area contributed by atoms with Crippen LogP contribution in [0.1, 0.15) is 26.0 Å². The molecule has 19 nitrogen and oxygen atoms in total. The Morgan fingerprint density at radius 3 is 2.50 bits per heavy atom. The number of hydrogen-bond donors (Lipinski definition) is 5. The van der Waals surface area contributed by atoms with Gasteiger partial charge in [0.25, 0.3) is 17.9 Å². The van der Waals surface area contributed by atoms with Crippen LogP contribution < -0.4 is 31.9 Å². The quantitative estimate of drug-likeness (QED) is 0.0325. The summed E-state index contributed by atoms with van der Waals surface area (Å²) in [5, 5.41) is 16.0. The number of carboxylic acid groups (broad SMARTS) is 1. The highest BCUT2D eigenvalue weighted by atomic mass is 35.5. The number of amides is 2. The lowest BCUT2D eigenvalue weighted by atomic mass is 9.84. The lowest BCUT2D eigenvalue weighted by molar-refractivity contribution is -0.740. The van der Waals surface area contributed by atoms with Crippen molar-refractivity contribution in [3.8, 4) is 16.9 Å². The number of oxime groups is 1. The summed E-state index contributed by atoms with van der Waals surface area (Å²) in [5.41, 5.74) is 16.7. The fraction of sp³-hybridized carbons (Fsp3) is 0.385. The van der Waals surface area contributed by atoms with Gasteiger partial charge in [-0.2, -0.15) is 14.0 Å². The smallest absolute Gasteiger partial charge is 0.351 e. The van der Waals surface area contributed by atoms with Crippen LogP contribution in [0.25, 0.3) is 11.1 Å². The normalized spacial score (nSPS) is 16.7. The first-order valence-electron chi connectivity index (χ1n) is 13.9. The van der Waals surface area contributed by atoms with Gasteiger partial charge in [-0.25, -0.2) is 22.9 Å². The number of nitrogens with two attached hydrogens (primary N) is 3. The van der Waals surface area contributed by atoms with Crippen molar-refractivity contribution in [1.82, 2.24) is 20.0 Å². The fourth-order valence-corrected chi connectivity index (χ4v) is 5.92. The summed E-state index contributed by atoms with van der Waals surface area (Å²) in [7, 11) is -3.46. The number of nitrogens with zero attached hydrogens (tertiary/aromatic N) is 5. The minimum absolute atomic E-state index is 0.0695. The Kier molecular flexibility index (Phi) is 10.8. The van der Waals surface area contributed by atoms with E-state index in [2.05, 4.69) is 19.7 Å². The predicted octanol–water partition coefficient (Wildman–Crippen LogP) is -0.647. The Balaban J connectivity index is 1.49. The first-order valence-corrected chi connectivity index (χ1v) is 16.4. The number of nitrogens with one attached hydrogen (secondary N) is 1. The van der Waals surface area contributed by atoms with Gasteiger partial charge in [-0.05, 0) is 44.5 Å². The highest BCUT2D eigenvalue weighted by Gasteiger charge is 2.57. The van der Waals surface area contributed by atoms with Crippen LogP contribution in [0, 0.1) is 0 Å². The van der Waals surface area contributed by atoms with Gasteiger partial charge in [-0.3, -0.25) is 15.3 Å². The molecule has 4 rings (SSSR count). The van der Waals surface area contributed by atoms with E-state index < -0.39 is 58.2 Å². The maximum absolute atomic E-state index is 13.3. The summed E-state index contributed by atoms with van der Waals surface area (Å²) in [5.74, 6) is -2.87. The number of ether oxygens (including phenoxy) is 1. The first-order chi connectivity index (χ1) is 22.4. The van der Waals surface area contributed by atoms with E-state index in [9.17, 15) is 32.5 Å². The van der Waals surface area contributed by atoms with E-state index in [1.807, 2.05) is 22.6 Å². The molecule has 1 saturated heterocycles. The molecule has 0 unspecified atom stereocenters. The zero-order valence-corrected chi connectivity index (χ0v) is 28.0. The van der Waals surface area contributed by atoms with Crippen molar-refractivity contribution < 1.29 is 51.0 Å². The van der Waals surface area contributed by atoms with E-state index in [0.717, 1.165) is 28.9 Å². The number of nitrogen functional groups attached to an aromatic ring is 2. The molecule has 22 heteroatoms. The highest BCUT2D eigenvalue weighted by molar-refractivity contribution is 7.80. The van der Waals surface area contributed by atoms with Gasteiger partial charge in [0, 0.05) is 0 Å². The summed E-state index contributed by atoms with van der Waals surface area (Å²) in [6.07, 6.45) is 0.916. The van der Waals surface area contributed by atoms with Crippen LogP contribution in [0.15, 0.2) is 35.6 Å². The molecule has 2 amide bonds. The molecule has 0 aliphatic carbocycles. The Morgan fingerprint density at radius 1 is 1.29 bits per heavy atom. The number of anilines is 2. The molecule has 1 fully saturated rings. The van der Waals surface area contributed by atoms with Crippen LogP contribution in [-0.4, -0.2) is 87.1 Å². The van der Waals surface area contributed by atoms with Gasteiger partial charge in [-0.1, -0.05) is 40.2 Å². The van der Waals surface area contributed by atoms with Crippen LogP contribution in [0.2, 0.25) is 4.34 Å². The minimum atomic E-state index is -5.29. The number of aromatic nitrogens is 3. The lowest BCUT2D eigenvalue weighted by Gasteiger charge is -2.51. The topological polar surface area (TPSA) is 284 Å². The number of thiazole rings is 1. The fourth-order valence-electron chi connectivity index (χ4n) is 4.54. The summed E-state index contributed by atoms with van der Waals surface area (Å²) >= 11 is 6.95. The van der Waals surface area contributed by atoms with Gasteiger partial charge in [0.05, 0.1) is 23.8 Å². The second kappa shape index (κ2) is 14.3. The summed E-state index contributed by atoms with van der Waals surface area (Å²) < 4.78 is 46.4. The molecule has 260 valence electrons. The number of rotatable bonds is 15. The molecule has 1 aromatic carbocycles. The van der Waals surface area contributed by atoms with Crippen molar-refractivity contribution in [3.63, 3.8) is 0 Å². The monoisotopic (exact) mass is 729 g/mol. The number of halogens is 1. The van der Waals surface area contributed by atoms with Gasteiger partial charge in [0.1, 0.15) is 35.5 Å². The molecule has 3 heterocycles. The molecule has 0 spiro atoms. The van der Waals surface area contributed by atoms with Crippen molar-refractivity contribution in [1.29, 1.82) is 0 Å². The van der Waals surface area contributed by atoms with E-state index >= 15 is 0 Å². The molecule has 0 saturated carbocycles. The molecule has 3 aromatic rings. The number of carboxylic acids is 1. The van der Waals surface area contributed by atoms with Crippen molar-refractivity contribution in [2.75, 3.05) is 24.6 Å².